The minimum absolute atomic E-state index is 0.189. The number of aliphatic hydroxyl groups excluding tert-OH is 1. The topological polar surface area (TPSA) is 86.7 Å². The van der Waals surface area contributed by atoms with Gasteiger partial charge in [-0.05, 0) is 41.0 Å². The summed E-state index contributed by atoms with van der Waals surface area (Å²) in [5.41, 5.74) is 6.55. The van der Waals surface area contributed by atoms with Crippen LogP contribution in [-0.2, 0) is 11.2 Å². The van der Waals surface area contributed by atoms with Crippen LogP contribution in [0.1, 0.15) is 22.6 Å². The fourth-order valence-electron chi connectivity index (χ4n) is 3.84. The van der Waals surface area contributed by atoms with Crippen molar-refractivity contribution in [1.82, 2.24) is 20.7 Å². The molecule has 2 aromatic rings. The second-order valence-electron chi connectivity index (χ2n) is 6.66. The molecule has 1 aromatic heterocycles. The van der Waals surface area contributed by atoms with Crippen LogP contribution in [0.2, 0.25) is 0 Å². The molecule has 3 atom stereocenters. The van der Waals surface area contributed by atoms with Gasteiger partial charge in [-0.2, -0.15) is 0 Å². The lowest BCUT2D eigenvalue weighted by Crippen LogP contribution is -2.52. The van der Waals surface area contributed by atoms with Crippen molar-refractivity contribution >= 4 is 11.6 Å². The minimum atomic E-state index is -0.873. The molecule has 0 aliphatic carbocycles. The predicted octanol–water partition coefficient (Wildman–Crippen LogP) is 0.736. The van der Waals surface area contributed by atoms with Gasteiger partial charge in [0.2, 0.25) is 0 Å². The number of nitrogens with zero attached hydrogens (tertiary/aromatic N) is 2. The molecule has 1 fully saturated rings. The monoisotopic (exact) mass is 350 g/mol. The molecule has 3 aliphatic heterocycles. The molecule has 3 aliphatic rings. The van der Waals surface area contributed by atoms with Crippen molar-refractivity contribution in [1.29, 1.82) is 0 Å². The predicted molar refractivity (Wildman–Crippen MR) is 93.5 cm³/mol. The first-order valence-corrected chi connectivity index (χ1v) is 8.62. The third-order valence-corrected chi connectivity index (χ3v) is 5.11. The number of hydrazine groups is 1. The molecule has 5 rings (SSSR count). The Morgan fingerprint density at radius 3 is 3.08 bits per heavy atom. The van der Waals surface area contributed by atoms with Crippen molar-refractivity contribution in [3.8, 4) is 5.75 Å². The van der Waals surface area contributed by atoms with E-state index in [4.69, 9.17) is 4.74 Å². The van der Waals surface area contributed by atoms with E-state index in [9.17, 15) is 9.90 Å². The van der Waals surface area contributed by atoms with E-state index in [2.05, 4.69) is 21.8 Å². The van der Waals surface area contributed by atoms with E-state index < -0.39 is 12.4 Å². The van der Waals surface area contributed by atoms with Crippen LogP contribution in [0.5, 0.6) is 5.75 Å². The van der Waals surface area contributed by atoms with Crippen LogP contribution in [0.15, 0.2) is 48.8 Å². The number of amides is 1. The summed E-state index contributed by atoms with van der Waals surface area (Å²) in [5, 5.41) is 15.3. The molecule has 26 heavy (non-hydrogen) atoms. The highest BCUT2D eigenvalue weighted by molar-refractivity contribution is 5.97. The summed E-state index contributed by atoms with van der Waals surface area (Å²) in [6.45, 7) is 0.694. The van der Waals surface area contributed by atoms with Crippen molar-refractivity contribution in [3.05, 3.63) is 65.5 Å². The van der Waals surface area contributed by atoms with Crippen LogP contribution < -0.4 is 15.5 Å². The number of fused-ring (bicyclic) bond motifs is 2. The Labute approximate surface area is 150 Å². The molecule has 7 heteroatoms. The molecule has 1 amide bonds. The molecule has 1 aromatic carbocycles. The third-order valence-electron chi connectivity index (χ3n) is 5.11. The maximum absolute atomic E-state index is 12.6. The van der Waals surface area contributed by atoms with Crippen LogP contribution in [-0.4, -0.2) is 40.0 Å². The second kappa shape index (κ2) is 5.82. The molecule has 4 heterocycles. The van der Waals surface area contributed by atoms with Crippen molar-refractivity contribution < 1.29 is 14.6 Å². The second-order valence-corrected chi connectivity index (χ2v) is 6.66. The summed E-state index contributed by atoms with van der Waals surface area (Å²) >= 11 is 0. The molecular formula is C19H18N4O3. The summed E-state index contributed by atoms with van der Waals surface area (Å²) in [5.74, 6) is 0.393. The lowest BCUT2D eigenvalue weighted by Gasteiger charge is -2.32. The molecule has 0 spiro atoms. The number of ether oxygens (including phenoxy) is 1. The van der Waals surface area contributed by atoms with Gasteiger partial charge in [-0.15, -0.1) is 0 Å². The van der Waals surface area contributed by atoms with Gasteiger partial charge in [0.25, 0.3) is 5.91 Å². The smallest absolute Gasteiger partial charge is 0.264 e. The molecular weight excluding hydrogens is 332 g/mol. The maximum atomic E-state index is 12.6. The molecule has 7 nitrogen and oxygen atoms in total. The molecule has 0 radical (unpaired) electrons. The Balaban J connectivity index is 1.50. The lowest BCUT2D eigenvalue weighted by molar-refractivity contribution is -0.131. The highest BCUT2D eigenvalue weighted by Crippen LogP contribution is 2.34. The summed E-state index contributed by atoms with van der Waals surface area (Å²) in [7, 11) is 0. The summed E-state index contributed by atoms with van der Waals surface area (Å²) < 4.78 is 5.56. The van der Waals surface area contributed by atoms with Gasteiger partial charge in [-0.1, -0.05) is 6.07 Å². The van der Waals surface area contributed by atoms with E-state index in [1.54, 1.807) is 18.5 Å². The minimum Gasteiger partial charge on any atom is -0.493 e. The van der Waals surface area contributed by atoms with Gasteiger partial charge in [0, 0.05) is 30.6 Å². The number of benzene rings is 1. The van der Waals surface area contributed by atoms with Gasteiger partial charge in [-0.3, -0.25) is 9.78 Å². The Bertz CT molecular complexity index is 899. The van der Waals surface area contributed by atoms with Gasteiger partial charge in [-0.25, -0.2) is 10.4 Å². The third kappa shape index (κ3) is 2.36. The number of carbonyl (C=O) groups excluding carboxylic acids is 1. The number of rotatable bonds is 2. The van der Waals surface area contributed by atoms with Crippen molar-refractivity contribution in [2.24, 2.45) is 0 Å². The molecule has 132 valence electrons. The van der Waals surface area contributed by atoms with Crippen molar-refractivity contribution in [3.63, 3.8) is 0 Å². The van der Waals surface area contributed by atoms with E-state index in [1.165, 1.54) is 5.01 Å². The fraction of sp³-hybridized carbons (Fsp3) is 0.263. The highest BCUT2D eigenvalue weighted by atomic mass is 16.5. The zero-order valence-corrected chi connectivity index (χ0v) is 13.9. The Kier molecular flexibility index (Phi) is 3.44. The summed E-state index contributed by atoms with van der Waals surface area (Å²) in [6.07, 6.45) is 4.56. The van der Waals surface area contributed by atoms with Crippen LogP contribution in [0, 0.1) is 0 Å². The van der Waals surface area contributed by atoms with Gasteiger partial charge < -0.3 is 15.2 Å². The molecule has 0 bridgehead atoms. The molecule has 3 unspecified atom stereocenters. The summed E-state index contributed by atoms with van der Waals surface area (Å²) in [4.78, 5) is 16.7. The molecule has 1 saturated heterocycles. The van der Waals surface area contributed by atoms with E-state index >= 15 is 0 Å². The van der Waals surface area contributed by atoms with E-state index in [0.29, 0.717) is 6.61 Å². The van der Waals surface area contributed by atoms with Gasteiger partial charge in [0.05, 0.1) is 12.5 Å². The van der Waals surface area contributed by atoms with Crippen LogP contribution in [0.3, 0.4) is 0 Å². The van der Waals surface area contributed by atoms with Crippen LogP contribution in [0.25, 0.3) is 5.70 Å². The average molecular weight is 350 g/mol. The maximum Gasteiger partial charge on any atom is 0.264 e. The Hall–Kier alpha value is -2.90. The van der Waals surface area contributed by atoms with Gasteiger partial charge in [0.15, 0.2) is 0 Å². The number of hydrogen-bond acceptors (Lipinski definition) is 6. The fourth-order valence-corrected chi connectivity index (χ4v) is 3.84. The lowest BCUT2D eigenvalue weighted by atomic mass is 9.95. The Morgan fingerprint density at radius 2 is 2.23 bits per heavy atom. The number of aromatic nitrogens is 1. The number of carbonyl (C=O) groups is 1. The standard InChI is InChI=1S/C19H18N4O3/c24-16-9-14(11-3-4-15-12(8-11)5-7-26-15)21-18-17(19(25)22-23(16)18)13-2-1-6-20-10-13/h1-4,6,8-10,17-19,21-22,25H,5,7H2. The molecule has 3 N–H and O–H groups in total. The first-order chi connectivity index (χ1) is 12.7. The quantitative estimate of drug-likeness (QED) is 0.741. The van der Waals surface area contributed by atoms with E-state index in [1.807, 2.05) is 24.3 Å². The highest BCUT2D eigenvalue weighted by Gasteiger charge is 2.46. The van der Waals surface area contributed by atoms with E-state index in [0.717, 1.165) is 34.6 Å². The van der Waals surface area contributed by atoms with Crippen molar-refractivity contribution in [2.45, 2.75) is 24.7 Å². The van der Waals surface area contributed by atoms with Crippen LogP contribution >= 0.6 is 0 Å². The first-order valence-electron chi connectivity index (χ1n) is 8.62. The van der Waals surface area contributed by atoms with Crippen LogP contribution in [0.4, 0.5) is 0 Å². The zero-order valence-electron chi connectivity index (χ0n) is 13.9. The first kappa shape index (κ1) is 15.4. The number of aliphatic hydroxyl groups is 1. The zero-order chi connectivity index (χ0) is 17.7. The summed E-state index contributed by atoms with van der Waals surface area (Å²) in [6, 6.07) is 9.68. The Morgan fingerprint density at radius 1 is 1.31 bits per heavy atom. The molecule has 0 saturated carbocycles. The number of pyridine rings is 1. The number of nitrogens with one attached hydrogen (secondary N) is 2. The average Bonchev–Trinajstić information content (AvgIpc) is 3.25. The number of hydrogen-bond donors (Lipinski definition) is 3. The SMILES string of the molecule is O=C1C=C(c2ccc3c(c2)CCO3)NC2C(c3cccnc3)C(O)NN12. The van der Waals surface area contributed by atoms with Gasteiger partial charge >= 0.3 is 0 Å². The van der Waals surface area contributed by atoms with Gasteiger partial charge in [0.1, 0.15) is 18.1 Å². The van der Waals surface area contributed by atoms with Crippen molar-refractivity contribution in [2.75, 3.05) is 6.61 Å². The van der Waals surface area contributed by atoms with E-state index in [-0.39, 0.29) is 11.8 Å². The largest absolute Gasteiger partial charge is 0.493 e. The normalized spacial score (nSPS) is 26.7.